The summed E-state index contributed by atoms with van der Waals surface area (Å²) in [6.45, 7) is -0.648. The second-order valence-corrected chi connectivity index (χ2v) is 5.97. The molecule has 2 amide bonds. The number of nitrogens with one attached hydrogen (secondary N) is 1. The first-order valence-corrected chi connectivity index (χ1v) is 6.77. The average Bonchev–Trinajstić information content (AvgIpc) is 2.25. The molecule has 0 aliphatic carbocycles. The molecular weight excluding hydrogens is 252 g/mol. The summed E-state index contributed by atoms with van der Waals surface area (Å²) >= 11 is 0. The van der Waals surface area contributed by atoms with Gasteiger partial charge in [-0.25, -0.2) is 18.0 Å². The molecular formula is C8H14N2O6S. The summed E-state index contributed by atoms with van der Waals surface area (Å²) in [5, 5.41) is 19.4. The van der Waals surface area contributed by atoms with Crippen LogP contribution in [0.5, 0.6) is 0 Å². The van der Waals surface area contributed by atoms with Crippen LogP contribution in [0.1, 0.15) is 0 Å². The lowest BCUT2D eigenvalue weighted by molar-refractivity contribution is -0.140. The number of aliphatic carboxylic acids is 1. The highest BCUT2D eigenvalue weighted by atomic mass is 32.2. The van der Waals surface area contributed by atoms with Crippen LogP contribution in [0.3, 0.4) is 0 Å². The van der Waals surface area contributed by atoms with Crippen molar-refractivity contribution in [3.05, 3.63) is 0 Å². The topological polar surface area (TPSA) is 124 Å². The zero-order valence-corrected chi connectivity index (χ0v) is 9.81. The van der Waals surface area contributed by atoms with Crippen LogP contribution in [0.4, 0.5) is 4.79 Å². The van der Waals surface area contributed by atoms with E-state index >= 15 is 0 Å². The van der Waals surface area contributed by atoms with Crippen molar-refractivity contribution in [3.63, 3.8) is 0 Å². The Morgan fingerprint density at radius 3 is 2.24 bits per heavy atom. The number of carboxylic acids is 1. The van der Waals surface area contributed by atoms with Crippen molar-refractivity contribution in [1.82, 2.24) is 10.2 Å². The maximum absolute atomic E-state index is 11.5. The van der Waals surface area contributed by atoms with Crippen molar-refractivity contribution < 1.29 is 28.2 Å². The first-order chi connectivity index (χ1) is 7.85. The van der Waals surface area contributed by atoms with Crippen molar-refractivity contribution in [2.24, 2.45) is 0 Å². The number of aliphatic hydroxyl groups is 1. The van der Waals surface area contributed by atoms with Gasteiger partial charge in [0, 0.05) is 13.1 Å². The molecule has 1 heterocycles. The predicted octanol–water partition coefficient (Wildman–Crippen LogP) is -2.13. The first-order valence-electron chi connectivity index (χ1n) is 4.95. The van der Waals surface area contributed by atoms with Crippen molar-refractivity contribution in [1.29, 1.82) is 0 Å². The molecule has 0 saturated carbocycles. The van der Waals surface area contributed by atoms with E-state index < -0.39 is 34.5 Å². The summed E-state index contributed by atoms with van der Waals surface area (Å²) in [6.07, 6.45) is 0. The molecule has 98 valence electrons. The van der Waals surface area contributed by atoms with Crippen molar-refractivity contribution in [2.45, 2.75) is 6.04 Å². The van der Waals surface area contributed by atoms with Gasteiger partial charge in [-0.2, -0.15) is 0 Å². The highest BCUT2D eigenvalue weighted by Crippen LogP contribution is 2.04. The van der Waals surface area contributed by atoms with E-state index in [0.29, 0.717) is 0 Å². The Hall–Kier alpha value is -1.35. The third kappa shape index (κ3) is 3.86. The number of hydrogen-bond acceptors (Lipinski definition) is 5. The Balaban J connectivity index is 2.52. The molecule has 3 N–H and O–H groups in total. The molecule has 9 heteroatoms. The maximum atomic E-state index is 11.5. The molecule has 0 aromatic rings. The van der Waals surface area contributed by atoms with Crippen LogP contribution in [-0.4, -0.2) is 72.8 Å². The minimum absolute atomic E-state index is 0.0337. The highest BCUT2D eigenvalue weighted by molar-refractivity contribution is 7.91. The molecule has 1 rings (SSSR count). The number of carbonyl (C=O) groups is 2. The molecule has 8 nitrogen and oxygen atoms in total. The molecule has 1 aliphatic rings. The van der Waals surface area contributed by atoms with Crippen molar-refractivity contribution >= 4 is 21.8 Å². The molecule has 1 aliphatic heterocycles. The maximum Gasteiger partial charge on any atom is 0.328 e. The predicted molar refractivity (Wildman–Crippen MR) is 57.3 cm³/mol. The Morgan fingerprint density at radius 2 is 1.82 bits per heavy atom. The van der Waals surface area contributed by atoms with Gasteiger partial charge in [0.05, 0.1) is 18.1 Å². The van der Waals surface area contributed by atoms with E-state index in [-0.39, 0.29) is 24.6 Å². The van der Waals surface area contributed by atoms with E-state index in [1.54, 1.807) is 0 Å². The van der Waals surface area contributed by atoms with E-state index in [4.69, 9.17) is 10.2 Å². The van der Waals surface area contributed by atoms with Crippen LogP contribution < -0.4 is 5.32 Å². The van der Waals surface area contributed by atoms with Gasteiger partial charge < -0.3 is 20.4 Å². The Morgan fingerprint density at radius 1 is 1.29 bits per heavy atom. The van der Waals surface area contributed by atoms with Crippen molar-refractivity contribution in [3.8, 4) is 0 Å². The van der Waals surface area contributed by atoms with E-state index in [2.05, 4.69) is 5.32 Å². The smallest absolute Gasteiger partial charge is 0.328 e. The molecule has 0 aromatic heterocycles. The Labute approximate surface area is 98.1 Å². The minimum atomic E-state index is -3.09. The number of amides is 2. The van der Waals surface area contributed by atoms with E-state index in [9.17, 15) is 18.0 Å². The first kappa shape index (κ1) is 13.7. The van der Waals surface area contributed by atoms with E-state index in [1.807, 2.05) is 0 Å². The molecule has 1 saturated heterocycles. The fourth-order valence-electron chi connectivity index (χ4n) is 1.34. The summed E-state index contributed by atoms with van der Waals surface area (Å²) in [5.41, 5.74) is 0. The van der Waals surface area contributed by atoms with Gasteiger partial charge in [0.25, 0.3) is 0 Å². The normalized spacial score (nSPS) is 20.6. The fraction of sp³-hybridized carbons (Fsp3) is 0.750. The molecule has 1 fully saturated rings. The minimum Gasteiger partial charge on any atom is -0.480 e. The SMILES string of the molecule is O=C(O)[C@H](CO)NC(=O)N1CCS(=O)(=O)CC1. The number of carboxylic acid groups (broad SMARTS) is 1. The molecule has 0 spiro atoms. The summed E-state index contributed by atoms with van der Waals surface area (Å²) in [5.74, 6) is -1.60. The number of urea groups is 1. The van der Waals surface area contributed by atoms with Crippen LogP contribution in [0, 0.1) is 0 Å². The zero-order valence-electron chi connectivity index (χ0n) is 9.00. The second kappa shape index (κ2) is 5.32. The number of rotatable bonds is 3. The molecule has 0 aromatic carbocycles. The average molecular weight is 266 g/mol. The molecule has 17 heavy (non-hydrogen) atoms. The van der Waals surface area contributed by atoms with Gasteiger partial charge in [0.2, 0.25) is 0 Å². The molecule has 0 radical (unpaired) electrons. The van der Waals surface area contributed by atoms with Crippen molar-refractivity contribution in [2.75, 3.05) is 31.2 Å². The largest absolute Gasteiger partial charge is 0.480 e. The molecule has 0 unspecified atom stereocenters. The number of sulfone groups is 1. The molecule has 1 atom stereocenters. The van der Waals surface area contributed by atoms with Gasteiger partial charge in [0.1, 0.15) is 0 Å². The number of carbonyl (C=O) groups excluding carboxylic acids is 1. The summed E-state index contributed by atoms with van der Waals surface area (Å²) in [7, 11) is -3.09. The zero-order chi connectivity index (χ0) is 13.1. The van der Waals surface area contributed by atoms with Crippen LogP contribution in [0.15, 0.2) is 0 Å². The lowest BCUT2D eigenvalue weighted by Gasteiger charge is -2.27. The number of hydrogen-bond donors (Lipinski definition) is 3. The van der Waals surface area contributed by atoms with E-state index in [1.165, 1.54) is 4.90 Å². The van der Waals surface area contributed by atoms with Gasteiger partial charge >= 0.3 is 12.0 Å². The highest BCUT2D eigenvalue weighted by Gasteiger charge is 2.27. The third-order valence-corrected chi connectivity index (χ3v) is 4.02. The van der Waals surface area contributed by atoms with E-state index in [0.717, 1.165) is 0 Å². The lowest BCUT2D eigenvalue weighted by atomic mass is 10.3. The van der Waals surface area contributed by atoms with Gasteiger partial charge in [-0.15, -0.1) is 0 Å². The van der Waals surface area contributed by atoms with Crippen LogP contribution >= 0.6 is 0 Å². The van der Waals surface area contributed by atoms with Gasteiger partial charge in [-0.1, -0.05) is 0 Å². The standard InChI is InChI=1S/C8H14N2O6S/c11-5-6(7(12)13)9-8(14)10-1-3-17(15,16)4-2-10/h6,11H,1-5H2,(H,9,14)(H,12,13)/t6-/m0/s1. The van der Waals surface area contributed by atoms with Gasteiger partial charge in [-0.3, -0.25) is 0 Å². The van der Waals surface area contributed by atoms with Crippen LogP contribution in [0.25, 0.3) is 0 Å². The Bertz CT molecular complexity index is 392. The monoisotopic (exact) mass is 266 g/mol. The lowest BCUT2D eigenvalue weighted by Crippen LogP contribution is -2.53. The van der Waals surface area contributed by atoms with Gasteiger partial charge in [0.15, 0.2) is 15.9 Å². The summed E-state index contributed by atoms with van der Waals surface area (Å²) in [6, 6.07) is -2.05. The van der Waals surface area contributed by atoms with Crippen LogP contribution in [-0.2, 0) is 14.6 Å². The molecule has 0 bridgehead atoms. The number of nitrogens with zero attached hydrogens (tertiary/aromatic N) is 1. The Kier molecular flexibility index (Phi) is 4.29. The van der Waals surface area contributed by atoms with Gasteiger partial charge in [-0.05, 0) is 0 Å². The fourth-order valence-corrected chi connectivity index (χ4v) is 2.54. The van der Waals surface area contributed by atoms with Crippen LogP contribution in [0.2, 0.25) is 0 Å². The number of aliphatic hydroxyl groups excluding tert-OH is 1. The summed E-state index contributed by atoms with van der Waals surface area (Å²) in [4.78, 5) is 23.3. The summed E-state index contributed by atoms with van der Waals surface area (Å²) < 4.78 is 22.2. The quantitative estimate of drug-likeness (QED) is 0.536. The second-order valence-electron chi connectivity index (χ2n) is 3.66. The third-order valence-electron chi connectivity index (χ3n) is 2.41.